The van der Waals surface area contributed by atoms with Crippen LogP contribution in [0.1, 0.15) is 30.4 Å². The van der Waals surface area contributed by atoms with Gasteiger partial charge in [0.15, 0.2) is 0 Å². The van der Waals surface area contributed by atoms with E-state index in [1.54, 1.807) is 0 Å². The molecular formula is C14H18O3. The molecule has 0 saturated heterocycles. The van der Waals surface area contributed by atoms with Gasteiger partial charge in [0, 0.05) is 6.42 Å². The molecule has 0 amide bonds. The first-order valence-electron chi connectivity index (χ1n) is 6.02. The molecule has 92 valence electrons. The first-order chi connectivity index (χ1) is 8.19. The van der Waals surface area contributed by atoms with Crippen molar-refractivity contribution in [2.24, 2.45) is 0 Å². The Labute approximate surface area is 102 Å². The third-order valence-corrected chi connectivity index (χ3v) is 2.90. The molecule has 3 heteroatoms. The predicted octanol–water partition coefficient (Wildman–Crippen LogP) is 2.64. The summed E-state index contributed by atoms with van der Waals surface area (Å²) in [5, 5.41) is 0. The summed E-state index contributed by atoms with van der Waals surface area (Å²) in [5.41, 5.74) is 2.29. The fraction of sp³-hybridized carbons (Fsp3) is 0.500. The van der Waals surface area contributed by atoms with Crippen molar-refractivity contribution in [3.05, 3.63) is 29.3 Å². The summed E-state index contributed by atoms with van der Waals surface area (Å²) in [4.78, 5) is 11.0. The average molecular weight is 234 g/mol. The molecule has 1 fully saturated rings. The van der Waals surface area contributed by atoms with Crippen molar-refractivity contribution in [2.75, 3.05) is 7.11 Å². The van der Waals surface area contributed by atoms with Crippen molar-refractivity contribution in [3.8, 4) is 5.75 Å². The van der Waals surface area contributed by atoms with Crippen LogP contribution in [0.15, 0.2) is 18.2 Å². The monoisotopic (exact) mass is 234 g/mol. The fourth-order valence-corrected chi connectivity index (χ4v) is 1.71. The van der Waals surface area contributed by atoms with Crippen molar-refractivity contribution in [1.29, 1.82) is 0 Å². The van der Waals surface area contributed by atoms with E-state index in [9.17, 15) is 4.79 Å². The van der Waals surface area contributed by atoms with Crippen molar-refractivity contribution >= 4 is 5.97 Å². The predicted molar refractivity (Wildman–Crippen MR) is 65.2 cm³/mol. The minimum Gasteiger partial charge on any atom is -0.490 e. The highest BCUT2D eigenvalue weighted by atomic mass is 16.5. The molecule has 1 aliphatic carbocycles. The van der Waals surface area contributed by atoms with Gasteiger partial charge in [0.1, 0.15) is 5.75 Å². The summed E-state index contributed by atoms with van der Waals surface area (Å²) in [6, 6.07) is 6.11. The number of carbonyl (C=O) groups excluding carboxylic acids is 1. The number of esters is 1. The number of aryl methyl sites for hydroxylation is 2. The maximum absolute atomic E-state index is 11.0. The fourth-order valence-electron chi connectivity index (χ4n) is 1.71. The van der Waals surface area contributed by atoms with Gasteiger partial charge in [-0.05, 0) is 43.4 Å². The van der Waals surface area contributed by atoms with Gasteiger partial charge in [-0.15, -0.1) is 0 Å². The van der Waals surface area contributed by atoms with Crippen molar-refractivity contribution in [3.63, 3.8) is 0 Å². The summed E-state index contributed by atoms with van der Waals surface area (Å²) >= 11 is 0. The second kappa shape index (κ2) is 5.21. The zero-order chi connectivity index (χ0) is 12.3. The molecule has 17 heavy (non-hydrogen) atoms. The Kier molecular flexibility index (Phi) is 3.67. The first-order valence-corrected chi connectivity index (χ1v) is 6.02. The maximum Gasteiger partial charge on any atom is 0.305 e. The van der Waals surface area contributed by atoms with Gasteiger partial charge < -0.3 is 9.47 Å². The molecule has 0 heterocycles. The van der Waals surface area contributed by atoms with Crippen LogP contribution in [-0.2, 0) is 16.0 Å². The van der Waals surface area contributed by atoms with E-state index in [0.717, 1.165) is 23.3 Å². The van der Waals surface area contributed by atoms with Gasteiger partial charge >= 0.3 is 5.97 Å². The molecule has 1 saturated carbocycles. The smallest absolute Gasteiger partial charge is 0.305 e. The highest BCUT2D eigenvalue weighted by molar-refractivity contribution is 5.69. The quantitative estimate of drug-likeness (QED) is 0.735. The van der Waals surface area contributed by atoms with Gasteiger partial charge in [0.2, 0.25) is 0 Å². The van der Waals surface area contributed by atoms with Crippen LogP contribution < -0.4 is 4.74 Å². The third-order valence-electron chi connectivity index (χ3n) is 2.90. The Bertz CT molecular complexity index is 408. The Hall–Kier alpha value is -1.51. The molecule has 0 atom stereocenters. The lowest BCUT2D eigenvalue weighted by Crippen LogP contribution is -2.02. The van der Waals surface area contributed by atoms with E-state index in [1.807, 2.05) is 19.1 Å². The number of benzene rings is 1. The van der Waals surface area contributed by atoms with Gasteiger partial charge in [0.05, 0.1) is 13.2 Å². The van der Waals surface area contributed by atoms with Crippen molar-refractivity contribution in [2.45, 2.75) is 38.7 Å². The summed E-state index contributed by atoms with van der Waals surface area (Å²) in [7, 11) is 1.42. The normalized spacial score (nSPS) is 14.5. The molecule has 1 aliphatic rings. The van der Waals surface area contributed by atoms with Gasteiger partial charge in [0.25, 0.3) is 0 Å². The van der Waals surface area contributed by atoms with Crippen LogP contribution in [0.5, 0.6) is 5.75 Å². The Morgan fingerprint density at radius 2 is 2.18 bits per heavy atom. The van der Waals surface area contributed by atoms with E-state index in [4.69, 9.17) is 4.74 Å². The first kappa shape index (κ1) is 12.0. The molecule has 1 aromatic rings. The maximum atomic E-state index is 11.0. The van der Waals surface area contributed by atoms with Crippen molar-refractivity contribution in [1.82, 2.24) is 0 Å². The highest BCUT2D eigenvalue weighted by Gasteiger charge is 2.24. The topological polar surface area (TPSA) is 35.5 Å². The van der Waals surface area contributed by atoms with Crippen LogP contribution in [-0.4, -0.2) is 19.2 Å². The Balaban J connectivity index is 1.94. The zero-order valence-corrected chi connectivity index (χ0v) is 10.4. The number of methoxy groups -OCH3 is 1. The van der Waals surface area contributed by atoms with E-state index < -0.39 is 0 Å². The van der Waals surface area contributed by atoms with Crippen LogP contribution in [0.2, 0.25) is 0 Å². The van der Waals surface area contributed by atoms with Crippen LogP contribution in [0, 0.1) is 6.92 Å². The van der Waals surface area contributed by atoms with E-state index >= 15 is 0 Å². The van der Waals surface area contributed by atoms with Gasteiger partial charge in [-0.2, -0.15) is 0 Å². The lowest BCUT2D eigenvalue weighted by Gasteiger charge is -2.09. The zero-order valence-electron chi connectivity index (χ0n) is 10.4. The molecule has 1 aromatic carbocycles. The molecule has 0 radical (unpaired) electrons. The second-order valence-electron chi connectivity index (χ2n) is 4.49. The van der Waals surface area contributed by atoms with Crippen LogP contribution in [0.4, 0.5) is 0 Å². The van der Waals surface area contributed by atoms with E-state index in [0.29, 0.717) is 12.5 Å². The molecule has 0 N–H and O–H groups in total. The minimum atomic E-state index is -0.166. The van der Waals surface area contributed by atoms with Crippen LogP contribution in [0.25, 0.3) is 0 Å². The largest absolute Gasteiger partial charge is 0.490 e. The SMILES string of the molecule is COC(=O)CCc1ccc(OC2CC2)c(C)c1. The highest BCUT2D eigenvalue weighted by Crippen LogP contribution is 2.29. The van der Waals surface area contributed by atoms with E-state index in [-0.39, 0.29) is 5.97 Å². The van der Waals surface area contributed by atoms with Gasteiger partial charge in [-0.1, -0.05) is 12.1 Å². The standard InChI is InChI=1S/C14H18O3/c1-10-9-11(4-8-14(15)16-2)3-7-13(10)17-12-5-6-12/h3,7,9,12H,4-6,8H2,1-2H3. The summed E-state index contributed by atoms with van der Waals surface area (Å²) in [6.07, 6.45) is 3.91. The minimum absolute atomic E-state index is 0.166. The van der Waals surface area contributed by atoms with E-state index in [2.05, 4.69) is 10.8 Å². The number of hydrogen-bond donors (Lipinski definition) is 0. The molecule has 0 aromatic heterocycles. The molecule has 2 rings (SSSR count). The summed E-state index contributed by atoms with van der Waals surface area (Å²) in [5.74, 6) is 0.801. The lowest BCUT2D eigenvalue weighted by molar-refractivity contribution is -0.140. The summed E-state index contributed by atoms with van der Waals surface area (Å²) < 4.78 is 10.4. The lowest BCUT2D eigenvalue weighted by atomic mass is 10.1. The number of ether oxygens (including phenoxy) is 2. The van der Waals surface area contributed by atoms with Crippen LogP contribution in [0.3, 0.4) is 0 Å². The van der Waals surface area contributed by atoms with Crippen LogP contribution >= 0.6 is 0 Å². The van der Waals surface area contributed by atoms with Gasteiger partial charge in [-0.25, -0.2) is 0 Å². The number of rotatable bonds is 5. The van der Waals surface area contributed by atoms with E-state index in [1.165, 1.54) is 20.0 Å². The van der Waals surface area contributed by atoms with Crippen molar-refractivity contribution < 1.29 is 14.3 Å². The molecule has 0 bridgehead atoms. The summed E-state index contributed by atoms with van der Waals surface area (Å²) in [6.45, 7) is 2.04. The number of carbonyl (C=O) groups is 1. The third kappa shape index (κ3) is 3.48. The molecule has 0 unspecified atom stereocenters. The number of hydrogen-bond acceptors (Lipinski definition) is 3. The molecule has 0 spiro atoms. The van der Waals surface area contributed by atoms with Gasteiger partial charge in [-0.3, -0.25) is 4.79 Å². The Morgan fingerprint density at radius 3 is 2.76 bits per heavy atom. The molecular weight excluding hydrogens is 216 g/mol. The average Bonchev–Trinajstić information content (AvgIpc) is 3.13. The molecule has 3 nitrogen and oxygen atoms in total. The molecule has 0 aliphatic heterocycles. The second-order valence-corrected chi connectivity index (χ2v) is 4.49. The Morgan fingerprint density at radius 1 is 1.41 bits per heavy atom.